The number of hydrogen-bond acceptors (Lipinski definition) is 3. The van der Waals surface area contributed by atoms with Crippen molar-refractivity contribution in [2.75, 3.05) is 0 Å². The van der Waals surface area contributed by atoms with Gasteiger partial charge in [-0.25, -0.2) is 9.59 Å². The average molecular weight is 305 g/mol. The van der Waals surface area contributed by atoms with Gasteiger partial charge in [0.2, 0.25) is 0 Å². The Kier molecular flexibility index (Phi) is 5.57. The van der Waals surface area contributed by atoms with Crippen molar-refractivity contribution < 1.29 is 32.6 Å². The van der Waals surface area contributed by atoms with Crippen LogP contribution >= 0.6 is 0 Å². The minimum atomic E-state index is -4.74. The van der Waals surface area contributed by atoms with Crippen molar-refractivity contribution in [2.45, 2.75) is 25.7 Å². The Labute approximate surface area is 118 Å². The first-order valence-corrected chi connectivity index (χ1v) is 5.98. The van der Waals surface area contributed by atoms with E-state index < -0.39 is 30.2 Å². The van der Waals surface area contributed by atoms with E-state index >= 15 is 0 Å². The number of alkyl halides is 3. The first-order chi connectivity index (χ1) is 9.71. The van der Waals surface area contributed by atoms with Crippen molar-refractivity contribution >= 4 is 12.1 Å². The molecule has 1 aromatic carbocycles. The highest BCUT2D eigenvalue weighted by Crippen LogP contribution is 2.28. The number of nitrogens with one attached hydrogen (secondary N) is 1. The molecule has 21 heavy (non-hydrogen) atoms. The van der Waals surface area contributed by atoms with E-state index in [4.69, 9.17) is 9.84 Å². The van der Waals surface area contributed by atoms with Gasteiger partial charge < -0.3 is 15.2 Å². The zero-order valence-corrected chi connectivity index (χ0v) is 11.1. The van der Waals surface area contributed by atoms with Crippen LogP contribution in [-0.4, -0.2) is 29.4 Å². The molecule has 0 fully saturated rings. The van der Waals surface area contributed by atoms with E-state index in [1.807, 2.05) is 0 Å². The van der Waals surface area contributed by atoms with E-state index in [2.05, 4.69) is 0 Å². The van der Waals surface area contributed by atoms with Gasteiger partial charge in [-0.15, -0.1) is 0 Å². The molecule has 2 atom stereocenters. The fraction of sp³-hybridized carbons (Fsp3) is 0.385. The number of carbonyl (C=O) groups is 2. The number of aliphatic carboxylic acids is 1. The monoisotopic (exact) mass is 305 g/mol. The predicted octanol–water partition coefficient (Wildman–Crippen LogP) is 2.56. The van der Waals surface area contributed by atoms with Crippen LogP contribution in [0.15, 0.2) is 30.3 Å². The standard InChI is InChI=1S/C13H14F3NO4/c1-8(13(14,15)16)10(11(18)19)17-12(20)21-7-9-5-3-2-4-6-9/h2-6,8,10H,7H2,1H3,(H,17,20)(H,18,19)/t8-,10?/m1/s1. The Morgan fingerprint density at radius 3 is 2.33 bits per heavy atom. The normalized spacial score (nSPS) is 14.1. The number of benzene rings is 1. The molecule has 0 bridgehead atoms. The summed E-state index contributed by atoms with van der Waals surface area (Å²) in [6.45, 7) is 0.510. The molecule has 8 heteroatoms. The summed E-state index contributed by atoms with van der Waals surface area (Å²) < 4.78 is 42.2. The maximum Gasteiger partial charge on any atom is 0.408 e. The number of halogens is 3. The summed E-state index contributed by atoms with van der Waals surface area (Å²) >= 11 is 0. The second-order valence-corrected chi connectivity index (χ2v) is 4.35. The molecule has 0 spiro atoms. The quantitative estimate of drug-likeness (QED) is 0.876. The molecule has 116 valence electrons. The van der Waals surface area contributed by atoms with Gasteiger partial charge in [-0.3, -0.25) is 0 Å². The van der Waals surface area contributed by atoms with E-state index in [9.17, 15) is 22.8 Å². The van der Waals surface area contributed by atoms with Crippen molar-refractivity contribution in [3.63, 3.8) is 0 Å². The maximum absolute atomic E-state index is 12.5. The molecule has 1 unspecified atom stereocenters. The fourth-order valence-electron chi connectivity index (χ4n) is 1.48. The SMILES string of the molecule is C[C@H](C(NC(=O)OCc1ccccc1)C(=O)O)C(F)(F)F. The third kappa shape index (κ3) is 5.33. The molecule has 0 aliphatic rings. The summed E-state index contributed by atoms with van der Waals surface area (Å²) in [6, 6.07) is 6.34. The third-order valence-electron chi connectivity index (χ3n) is 2.77. The van der Waals surface area contributed by atoms with Crippen molar-refractivity contribution in [3.8, 4) is 0 Å². The van der Waals surface area contributed by atoms with E-state index in [0.29, 0.717) is 12.5 Å². The van der Waals surface area contributed by atoms with Crippen LogP contribution in [0, 0.1) is 5.92 Å². The number of carboxylic acids is 1. The molecular weight excluding hydrogens is 291 g/mol. The van der Waals surface area contributed by atoms with E-state index in [-0.39, 0.29) is 6.61 Å². The van der Waals surface area contributed by atoms with Gasteiger partial charge in [0, 0.05) is 0 Å². The Morgan fingerprint density at radius 1 is 1.29 bits per heavy atom. The molecule has 0 aliphatic carbocycles. The zero-order valence-electron chi connectivity index (χ0n) is 11.1. The Hall–Kier alpha value is -2.25. The van der Waals surface area contributed by atoms with Crippen molar-refractivity contribution in [1.82, 2.24) is 5.32 Å². The molecule has 1 aromatic rings. The number of rotatable bonds is 5. The third-order valence-corrected chi connectivity index (χ3v) is 2.77. The van der Waals surface area contributed by atoms with Gasteiger partial charge in [0.05, 0.1) is 5.92 Å². The number of ether oxygens (including phenoxy) is 1. The summed E-state index contributed by atoms with van der Waals surface area (Å²) in [5.74, 6) is -4.02. The van der Waals surface area contributed by atoms with Gasteiger partial charge in [0.15, 0.2) is 0 Å². The summed E-state index contributed by atoms with van der Waals surface area (Å²) in [7, 11) is 0. The molecule has 0 radical (unpaired) electrons. The molecule has 0 saturated heterocycles. The second kappa shape index (κ2) is 6.96. The van der Waals surface area contributed by atoms with Crippen LogP contribution in [0.25, 0.3) is 0 Å². The Balaban J connectivity index is 2.59. The van der Waals surface area contributed by atoms with Crippen LogP contribution in [0.5, 0.6) is 0 Å². The molecule has 1 amide bonds. The summed E-state index contributed by atoms with van der Waals surface area (Å²) in [5, 5.41) is 10.5. The largest absolute Gasteiger partial charge is 0.480 e. The predicted molar refractivity (Wildman–Crippen MR) is 66.4 cm³/mol. The molecule has 0 aromatic heterocycles. The molecule has 1 rings (SSSR count). The lowest BCUT2D eigenvalue weighted by Crippen LogP contribution is -2.49. The van der Waals surface area contributed by atoms with Crippen LogP contribution in [-0.2, 0) is 16.1 Å². The van der Waals surface area contributed by atoms with Crippen molar-refractivity contribution in [3.05, 3.63) is 35.9 Å². The Bertz CT molecular complexity index is 490. The molecule has 2 N–H and O–H groups in total. The summed E-state index contributed by atoms with van der Waals surface area (Å²) in [4.78, 5) is 22.2. The average Bonchev–Trinajstić information content (AvgIpc) is 2.41. The van der Waals surface area contributed by atoms with Crippen LogP contribution in [0.4, 0.5) is 18.0 Å². The smallest absolute Gasteiger partial charge is 0.408 e. The minimum absolute atomic E-state index is 0.167. The number of amides is 1. The van der Waals surface area contributed by atoms with Gasteiger partial charge in [-0.2, -0.15) is 13.2 Å². The Morgan fingerprint density at radius 2 is 1.86 bits per heavy atom. The molecule has 0 saturated carbocycles. The number of carboxylic acid groups (broad SMARTS) is 1. The van der Waals surface area contributed by atoms with Crippen LogP contribution in [0.3, 0.4) is 0 Å². The highest BCUT2D eigenvalue weighted by Gasteiger charge is 2.45. The molecule has 0 heterocycles. The van der Waals surface area contributed by atoms with Gasteiger partial charge in [-0.05, 0) is 5.56 Å². The van der Waals surface area contributed by atoms with Crippen molar-refractivity contribution in [2.24, 2.45) is 5.92 Å². The van der Waals surface area contributed by atoms with E-state index in [1.54, 1.807) is 35.6 Å². The molecule has 5 nitrogen and oxygen atoms in total. The van der Waals surface area contributed by atoms with Crippen LogP contribution in [0.1, 0.15) is 12.5 Å². The van der Waals surface area contributed by atoms with Gasteiger partial charge in [0.1, 0.15) is 12.6 Å². The highest BCUT2D eigenvalue weighted by molar-refractivity contribution is 5.80. The summed E-state index contributed by atoms with van der Waals surface area (Å²) in [5.41, 5.74) is 0.628. The second-order valence-electron chi connectivity index (χ2n) is 4.35. The van der Waals surface area contributed by atoms with Crippen LogP contribution in [0.2, 0.25) is 0 Å². The zero-order chi connectivity index (χ0) is 16.0. The van der Waals surface area contributed by atoms with Gasteiger partial charge in [0.25, 0.3) is 0 Å². The van der Waals surface area contributed by atoms with Gasteiger partial charge >= 0.3 is 18.2 Å². The molecule has 0 aliphatic heterocycles. The first-order valence-electron chi connectivity index (χ1n) is 5.98. The topological polar surface area (TPSA) is 75.6 Å². The van der Waals surface area contributed by atoms with E-state index in [0.717, 1.165) is 0 Å². The first kappa shape index (κ1) is 16.8. The lowest BCUT2D eigenvalue weighted by molar-refractivity contribution is -0.184. The number of carbonyl (C=O) groups excluding carboxylic acids is 1. The van der Waals surface area contributed by atoms with Gasteiger partial charge in [-0.1, -0.05) is 37.3 Å². The molecular formula is C13H14F3NO4. The lowest BCUT2D eigenvalue weighted by atomic mass is 10.0. The number of hydrogen-bond donors (Lipinski definition) is 2. The maximum atomic E-state index is 12.5. The van der Waals surface area contributed by atoms with Crippen LogP contribution < -0.4 is 5.32 Å². The highest BCUT2D eigenvalue weighted by atomic mass is 19.4. The summed E-state index contributed by atoms with van der Waals surface area (Å²) in [6.07, 6.45) is -5.96. The lowest BCUT2D eigenvalue weighted by Gasteiger charge is -2.23. The number of alkyl carbamates (subject to hydrolysis) is 1. The van der Waals surface area contributed by atoms with E-state index in [1.165, 1.54) is 0 Å². The minimum Gasteiger partial charge on any atom is -0.480 e. The van der Waals surface area contributed by atoms with Crippen molar-refractivity contribution in [1.29, 1.82) is 0 Å². The fourth-order valence-corrected chi connectivity index (χ4v) is 1.48.